The van der Waals surface area contributed by atoms with Crippen molar-refractivity contribution in [3.63, 3.8) is 0 Å². The molecule has 6 heteroatoms. The van der Waals surface area contributed by atoms with Crippen LogP contribution in [0, 0.1) is 20.8 Å². The van der Waals surface area contributed by atoms with Crippen LogP contribution >= 0.6 is 23.2 Å². The van der Waals surface area contributed by atoms with Gasteiger partial charge < -0.3 is 5.32 Å². The van der Waals surface area contributed by atoms with E-state index in [1.807, 2.05) is 32.4 Å². The van der Waals surface area contributed by atoms with Crippen LogP contribution in [0.3, 0.4) is 0 Å². The van der Waals surface area contributed by atoms with E-state index in [2.05, 4.69) is 10.4 Å². The van der Waals surface area contributed by atoms with E-state index in [-0.39, 0.29) is 11.9 Å². The van der Waals surface area contributed by atoms with Gasteiger partial charge in [-0.05, 0) is 51.5 Å². The molecule has 2 aromatic rings. The van der Waals surface area contributed by atoms with Gasteiger partial charge in [-0.1, -0.05) is 23.2 Å². The summed E-state index contributed by atoms with van der Waals surface area (Å²) >= 11 is 11.9. The third kappa shape index (κ3) is 3.81. The van der Waals surface area contributed by atoms with Crippen LogP contribution in [-0.2, 0) is 4.79 Å². The number of nitrogens with zero attached hydrogens (tertiary/aromatic N) is 2. The zero-order valence-electron chi connectivity index (χ0n) is 13.1. The fraction of sp³-hybridized carbons (Fsp3) is 0.375. The minimum Gasteiger partial charge on any atom is -0.326 e. The molecule has 0 spiro atoms. The molecule has 4 nitrogen and oxygen atoms in total. The van der Waals surface area contributed by atoms with Crippen molar-refractivity contribution in [3.8, 4) is 0 Å². The first-order valence-corrected chi connectivity index (χ1v) is 7.81. The van der Waals surface area contributed by atoms with E-state index in [0.717, 1.165) is 17.0 Å². The summed E-state index contributed by atoms with van der Waals surface area (Å²) in [6, 6.07) is 4.94. The summed E-state index contributed by atoms with van der Waals surface area (Å²) in [5.74, 6) is -0.101. The number of anilines is 1. The zero-order valence-corrected chi connectivity index (χ0v) is 14.6. The van der Waals surface area contributed by atoms with Crippen LogP contribution < -0.4 is 5.32 Å². The Labute approximate surface area is 140 Å². The van der Waals surface area contributed by atoms with Gasteiger partial charge in [0.15, 0.2) is 0 Å². The van der Waals surface area contributed by atoms with Crippen LogP contribution in [0.2, 0.25) is 10.0 Å². The van der Waals surface area contributed by atoms with Gasteiger partial charge in [-0.3, -0.25) is 9.48 Å². The molecule has 1 heterocycles. The summed E-state index contributed by atoms with van der Waals surface area (Å²) in [6.45, 7) is 8.00. The molecule has 0 aliphatic rings. The number of rotatable bonds is 4. The van der Waals surface area contributed by atoms with Crippen LogP contribution in [0.25, 0.3) is 0 Å². The number of hydrogen-bond donors (Lipinski definition) is 1. The van der Waals surface area contributed by atoms with Gasteiger partial charge >= 0.3 is 0 Å². The number of carbonyl (C=O) groups is 1. The van der Waals surface area contributed by atoms with Crippen LogP contribution in [0.1, 0.15) is 36.3 Å². The van der Waals surface area contributed by atoms with Crippen molar-refractivity contribution in [2.24, 2.45) is 0 Å². The number of benzene rings is 1. The molecule has 0 bridgehead atoms. The van der Waals surface area contributed by atoms with Gasteiger partial charge in [0.2, 0.25) is 5.91 Å². The molecule has 1 aromatic heterocycles. The molecule has 0 radical (unpaired) electrons. The average Bonchev–Trinajstić information content (AvgIpc) is 2.65. The highest BCUT2D eigenvalue weighted by atomic mass is 35.5. The minimum atomic E-state index is -0.101. The van der Waals surface area contributed by atoms with E-state index in [4.69, 9.17) is 23.2 Å². The molecule has 1 N–H and O–H groups in total. The maximum Gasteiger partial charge on any atom is 0.226 e. The lowest BCUT2D eigenvalue weighted by Gasteiger charge is -2.14. The number of nitrogens with one attached hydrogen (secondary N) is 1. The second-order valence-electron chi connectivity index (χ2n) is 5.50. The van der Waals surface area contributed by atoms with Crippen LogP contribution in [0.5, 0.6) is 0 Å². The lowest BCUT2D eigenvalue weighted by Crippen LogP contribution is -2.19. The summed E-state index contributed by atoms with van der Waals surface area (Å²) in [4.78, 5) is 12.2. The topological polar surface area (TPSA) is 46.9 Å². The molecule has 0 fully saturated rings. The molecule has 1 unspecified atom stereocenters. The first-order chi connectivity index (χ1) is 10.3. The molecular formula is C16H19Cl2N3O. The molecular weight excluding hydrogens is 321 g/mol. The zero-order chi connectivity index (χ0) is 16.4. The van der Waals surface area contributed by atoms with E-state index in [9.17, 15) is 4.79 Å². The van der Waals surface area contributed by atoms with E-state index in [0.29, 0.717) is 22.2 Å². The van der Waals surface area contributed by atoms with Crippen LogP contribution in [0.15, 0.2) is 18.2 Å². The van der Waals surface area contributed by atoms with Gasteiger partial charge in [-0.15, -0.1) is 0 Å². The Bertz CT molecular complexity index is 689. The Morgan fingerprint density at radius 1 is 1.23 bits per heavy atom. The lowest BCUT2D eigenvalue weighted by molar-refractivity contribution is -0.116. The molecule has 0 saturated carbocycles. The SMILES string of the molecule is Cc1nn(C(C)CC(=O)Nc2cc(Cl)cc(Cl)c2)c(C)c1C. The highest BCUT2D eigenvalue weighted by Crippen LogP contribution is 2.23. The summed E-state index contributed by atoms with van der Waals surface area (Å²) in [6.07, 6.45) is 0.325. The monoisotopic (exact) mass is 339 g/mol. The number of amides is 1. The normalized spacial score (nSPS) is 12.3. The van der Waals surface area contributed by atoms with Crippen molar-refractivity contribution in [3.05, 3.63) is 45.2 Å². The Morgan fingerprint density at radius 3 is 2.32 bits per heavy atom. The minimum absolute atomic E-state index is 0.0259. The highest BCUT2D eigenvalue weighted by molar-refractivity contribution is 6.35. The van der Waals surface area contributed by atoms with Crippen LogP contribution in [0.4, 0.5) is 5.69 Å². The quantitative estimate of drug-likeness (QED) is 0.876. The van der Waals surface area contributed by atoms with Crippen molar-refractivity contribution in [2.75, 3.05) is 5.32 Å². The molecule has 1 atom stereocenters. The molecule has 118 valence electrons. The predicted molar refractivity (Wildman–Crippen MR) is 90.9 cm³/mol. The number of hydrogen-bond acceptors (Lipinski definition) is 2. The van der Waals surface area contributed by atoms with Gasteiger partial charge in [-0.25, -0.2) is 0 Å². The third-order valence-corrected chi connectivity index (χ3v) is 4.17. The highest BCUT2D eigenvalue weighted by Gasteiger charge is 2.16. The fourth-order valence-corrected chi connectivity index (χ4v) is 2.89. The maximum atomic E-state index is 12.2. The molecule has 22 heavy (non-hydrogen) atoms. The number of aryl methyl sites for hydroxylation is 1. The number of carbonyl (C=O) groups excluding carboxylic acids is 1. The fourth-order valence-electron chi connectivity index (χ4n) is 2.37. The van der Waals surface area contributed by atoms with E-state index >= 15 is 0 Å². The summed E-state index contributed by atoms with van der Waals surface area (Å²) in [7, 11) is 0. The first-order valence-electron chi connectivity index (χ1n) is 7.06. The standard InChI is InChI=1S/C16H19Cl2N3O/c1-9(21-12(4)10(2)11(3)20-21)5-16(22)19-15-7-13(17)6-14(18)8-15/h6-9H,5H2,1-4H3,(H,19,22). The largest absolute Gasteiger partial charge is 0.326 e. The second-order valence-corrected chi connectivity index (χ2v) is 6.37. The van der Waals surface area contributed by atoms with Gasteiger partial charge in [0.05, 0.1) is 11.7 Å². The van der Waals surface area contributed by atoms with Gasteiger partial charge in [0.1, 0.15) is 0 Å². The average molecular weight is 340 g/mol. The number of aromatic nitrogens is 2. The van der Waals surface area contributed by atoms with Gasteiger partial charge in [-0.2, -0.15) is 5.10 Å². The molecule has 1 amide bonds. The molecule has 0 saturated heterocycles. The summed E-state index contributed by atoms with van der Waals surface area (Å²) < 4.78 is 1.90. The van der Waals surface area contributed by atoms with Crippen LogP contribution in [-0.4, -0.2) is 15.7 Å². The van der Waals surface area contributed by atoms with Crippen molar-refractivity contribution >= 4 is 34.8 Å². The van der Waals surface area contributed by atoms with Crippen molar-refractivity contribution in [1.82, 2.24) is 9.78 Å². The van der Waals surface area contributed by atoms with Crippen molar-refractivity contribution in [2.45, 2.75) is 40.2 Å². The van der Waals surface area contributed by atoms with E-state index in [1.54, 1.807) is 18.2 Å². The maximum absolute atomic E-state index is 12.2. The molecule has 1 aromatic carbocycles. The van der Waals surface area contributed by atoms with Crippen molar-refractivity contribution in [1.29, 1.82) is 0 Å². The Balaban J connectivity index is 2.06. The molecule has 0 aliphatic heterocycles. The first kappa shape index (κ1) is 16.8. The van der Waals surface area contributed by atoms with E-state index < -0.39 is 0 Å². The molecule has 2 rings (SSSR count). The predicted octanol–water partition coefficient (Wildman–Crippen LogP) is 4.70. The number of halogens is 2. The Morgan fingerprint density at radius 2 is 1.82 bits per heavy atom. The van der Waals surface area contributed by atoms with Crippen molar-refractivity contribution < 1.29 is 4.79 Å². The summed E-state index contributed by atoms with van der Waals surface area (Å²) in [5, 5.41) is 8.29. The Kier molecular flexibility index (Phi) is 5.14. The second kappa shape index (κ2) is 6.71. The van der Waals surface area contributed by atoms with Gasteiger partial charge in [0, 0.05) is 27.8 Å². The third-order valence-electron chi connectivity index (χ3n) is 3.73. The van der Waals surface area contributed by atoms with Gasteiger partial charge in [0.25, 0.3) is 0 Å². The smallest absolute Gasteiger partial charge is 0.226 e. The molecule has 0 aliphatic carbocycles. The Hall–Kier alpha value is -1.52. The lowest BCUT2D eigenvalue weighted by atomic mass is 10.2. The summed E-state index contributed by atoms with van der Waals surface area (Å²) in [5.41, 5.74) is 3.84. The van der Waals surface area contributed by atoms with E-state index in [1.165, 1.54) is 0 Å².